The molecular formula is C25H30N2O5S. The summed E-state index contributed by atoms with van der Waals surface area (Å²) in [5, 5.41) is 0. The van der Waals surface area contributed by atoms with Crippen LogP contribution in [-0.4, -0.2) is 54.0 Å². The molecular weight excluding hydrogens is 440 g/mol. The normalized spacial score (nSPS) is 39.0. The first-order chi connectivity index (χ1) is 15.6. The Hall–Kier alpha value is -2.35. The molecule has 4 bridgehead atoms. The SMILES string of the molecule is CC1(C)[C@H]2CC[C@@]13CS(=O)(=O)N(C(=O)[C@@H]1C[C@@H]4C=C[C@H]1N(C(=O)Oc1ccccc1)C4)[C@@H]3C2. The molecule has 33 heavy (non-hydrogen) atoms. The van der Waals surface area contributed by atoms with Crippen LogP contribution in [0.15, 0.2) is 42.5 Å². The van der Waals surface area contributed by atoms with Crippen molar-refractivity contribution in [1.82, 2.24) is 9.21 Å². The molecule has 1 aromatic rings. The summed E-state index contributed by atoms with van der Waals surface area (Å²) >= 11 is 0. The highest BCUT2D eigenvalue weighted by molar-refractivity contribution is 7.90. The van der Waals surface area contributed by atoms with Gasteiger partial charge in [0.1, 0.15) is 5.75 Å². The maximum Gasteiger partial charge on any atom is 0.415 e. The Morgan fingerprint density at radius 3 is 2.55 bits per heavy atom. The molecule has 3 aliphatic carbocycles. The summed E-state index contributed by atoms with van der Waals surface area (Å²) in [6.07, 6.45) is 6.65. The summed E-state index contributed by atoms with van der Waals surface area (Å²) in [5.41, 5.74) is -0.432. The van der Waals surface area contributed by atoms with E-state index in [1.54, 1.807) is 29.2 Å². The largest absolute Gasteiger partial charge is 0.415 e. The second-order valence-corrected chi connectivity index (χ2v) is 12.9. The lowest BCUT2D eigenvalue weighted by molar-refractivity contribution is -0.136. The average Bonchev–Trinajstić information content (AvgIpc) is 3.27. The molecule has 3 aliphatic heterocycles. The molecule has 0 radical (unpaired) electrons. The van der Waals surface area contributed by atoms with Crippen LogP contribution in [0, 0.1) is 28.6 Å². The predicted molar refractivity (Wildman–Crippen MR) is 122 cm³/mol. The van der Waals surface area contributed by atoms with Gasteiger partial charge in [-0.25, -0.2) is 17.5 Å². The first-order valence-corrected chi connectivity index (χ1v) is 13.5. The number of amides is 2. The smallest absolute Gasteiger partial charge is 0.410 e. The van der Waals surface area contributed by atoms with Gasteiger partial charge in [-0.05, 0) is 55.1 Å². The molecule has 0 unspecified atom stereocenters. The van der Waals surface area contributed by atoms with Gasteiger partial charge in [-0.2, -0.15) is 0 Å². The van der Waals surface area contributed by atoms with E-state index in [1.165, 1.54) is 4.31 Å². The van der Waals surface area contributed by atoms with Gasteiger partial charge in [0.2, 0.25) is 15.9 Å². The number of piperidine rings is 1. The molecule has 8 heteroatoms. The Kier molecular flexibility index (Phi) is 4.39. The van der Waals surface area contributed by atoms with E-state index in [0.717, 1.165) is 19.3 Å². The molecule has 6 atom stereocenters. The minimum absolute atomic E-state index is 0.0167. The fourth-order valence-corrected chi connectivity index (χ4v) is 10.2. The summed E-state index contributed by atoms with van der Waals surface area (Å²) in [4.78, 5) is 28.5. The third kappa shape index (κ3) is 2.82. The molecule has 0 aromatic heterocycles. The van der Waals surface area contributed by atoms with Crippen LogP contribution >= 0.6 is 0 Å². The number of fused-ring (bicyclic) bond motifs is 3. The van der Waals surface area contributed by atoms with Gasteiger partial charge in [-0.1, -0.05) is 44.2 Å². The molecule has 2 saturated heterocycles. The van der Waals surface area contributed by atoms with Crippen molar-refractivity contribution in [2.75, 3.05) is 12.3 Å². The number of nitrogens with zero attached hydrogens (tertiary/aromatic N) is 2. The first-order valence-electron chi connectivity index (χ1n) is 11.9. The van der Waals surface area contributed by atoms with Crippen LogP contribution in [0.5, 0.6) is 5.75 Å². The highest BCUT2D eigenvalue weighted by atomic mass is 32.2. The second-order valence-electron chi connectivity index (χ2n) is 11.1. The third-order valence-electron chi connectivity index (χ3n) is 9.47. The van der Waals surface area contributed by atoms with E-state index in [0.29, 0.717) is 24.6 Å². The maximum atomic E-state index is 13.9. The van der Waals surface area contributed by atoms with Crippen molar-refractivity contribution in [3.8, 4) is 5.75 Å². The van der Waals surface area contributed by atoms with E-state index < -0.39 is 28.1 Å². The predicted octanol–water partition coefficient (Wildman–Crippen LogP) is 3.43. The van der Waals surface area contributed by atoms with Crippen molar-refractivity contribution in [2.45, 2.75) is 51.6 Å². The van der Waals surface area contributed by atoms with Crippen LogP contribution in [0.4, 0.5) is 4.79 Å². The molecule has 2 saturated carbocycles. The molecule has 176 valence electrons. The van der Waals surface area contributed by atoms with Crippen molar-refractivity contribution < 1.29 is 22.7 Å². The summed E-state index contributed by atoms with van der Waals surface area (Å²) in [7, 11) is -3.69. The number of hydrogen-bond acceptors (Lipinski definition) is 5. The van der Waals surface area contributed by atoms with Crippen LogP contribution in [0.25, 0.3) is 0 Å². The van der Waals surface area contributed by atoms with Crippen molar-refractivity contribution in [2.24, 2.45) is 28.6 Å². The summed E-state index contributed by atoms with van der Waals surface area (Å²) in [6.45, 7) is 4.84. The molecule has 1 spiro atoms. The second kappa shape index (κ2) is 6.84. The number of benzene rings is 1. The van der Waals surface area contributed by atoms with Gasteiger partial charge >= 0.3 is 6.09 Å². The van der Waals surface area contributed by atoms with Gasteiger partial charge in [0.15, 0.2) is 0 Å². The zero-order valence-electron chi connectivity index (χ0n) is 19.0. The Balaban J connectivity index is 1.28. The van der Waals surface area contributed by atoms with E-state index in [9.17, 15) is 18.0 Å². The molecule has 7 nitrogen and oxygen atoms in total. The highest BCUT2D eigenvalue weighted by Gasteiger charge is 2.72. The number of para-hydroxylation sites is 1. The number of carbonyl (C=O) groups is 2. The summed E-state index contributed by atoms with van der Waals surface area (Å²) < 4.78 is 33.6. The minimum Gasteiger partial charge on any atom is -0.410 e. The fraction of sp³-hybridized carbons (Fsp3) is 0.600. The monoisotopic (exact) mass is 470 g/mol. The molecule has 0 N–H and O–H groups in total. The number of sulfonamides is 1. The van der Waals surface area contributed by atoms with Gasteiger partial charge in [-0.3, -0.25) is 4.79 Å². The number of ether oxygens (including phenoxy) is 1. The lowest BCUT2D eigenvalue weighted by Crippen LogP contribution is -2.58. The minimum atomic E-state index is -3.69. The molecule has 1 aromatic carbocycles. The Morgan fingerprint density at radius 2 is 1.85 bits per heavy atom. The Morgan fingerprint density at radius 1 is 1.09 bits per heavy atom. The van der Waals surface area contributed by atoms with Crippen LogP contribution in [-0.2, 0) is 14.8 Å². The molecule has 3 heterocycles. The summed E-state index contributed by atoms with van der Waals surface area (Å²) in [6, 6.07) is 8.12. The zero-order valence-corrected chi connectivity index (χ0v) is 19.8. The van der Waals surface area contributed by atoms with Crippen molar-refractivity contribution in [3.05, 3.63) is 42.5 Å². The highest BCUT2D eigenvalue weighted by Crippen LogP contribution is 2.70. The first kappa shape index (κ1) is 21.2. The van der Waals surface area contributed by atoms with E-state index in [1.807, 2.05) is 18.2 Å². The molecule has 2 amide bonds. The van der Waals surface area contributed by atoms with Gasteiger partial charge in [-0.15, -0.1) is 0 Å². The lowest BCUT2D eigenvalue weighted by Gasteiger charge is -2.46. The number of carbonyl (C=O) groups excluding carboxylic acids is 2. The molecule has 6 aliphatic rings. The summed E-state index contributed by atoms with van der Waals surface area (Å²) in [5.74, 6) is 0.0810. The van der Waals surface area contributed by atoms with Gasteiger partial charge < -0.3 is 9.64 Å². The Labute approximate surface area is 194 Å². The quantitative estimate of drug-likeness (QED) is 0.619. The van der Waals surface area contributed by atoms with E-state index >= 15 is 0 Å². The van der Waals surface area contributed by atoms with Crippen molar-refractivity contribution in [3.63, 3.8) is 0 Å². The van der Waals surface area contributed by atoms with Gasteiger partial charge in [0.25, 0.3) is 0 Å². The average molecular weight is 471 g/mol. The number of rotatable bonds is 2. The van der Waals surface area contributed by atoms with Crippen LogP contribution in [0.2, 0.25) is 0 Å². The molecule has 4 fully saturated rings. The standard InChI is InChI=1S/C25H30N2O5S/c1-24(2)17-10-11-25(24)15-33(30,31)27(21(25)13-17)22(28)19-12-16-8-9-20(19)26(14-16)23(29)32-18-6-4-3-5-7-18/h3-9,16-17,19-21H,10-15H2,1-2H3/t16-,17-,19+,20+,21+,25-/m0/s1. The zero-order chi connectivity index (χ0) is 23.2. The fourth-order valence-electron chi connectivity index (χ4n) is 7.61. The van der Waals surface area contributed by atoms with Gasteiger partial charge in [0, 0.05) is 12.0 Å². The third-order valence-corrected chi connectivity index (χ3v) is 11.4. The topological polar surface area (TPSA) is 84.0 Å². The van der Waals surface area contributed by atoms with E-state index in [2.05, 4.69) is 13.8 Å². The van der Waals surface area contributed by atoms with E-state index in [4.69, 9.17) is 4.74 Å². The number of hydrogen-bond donors (Lipinski definition) is 0. The van der Waals surface area contributed by atoms with Crippen molar-refractivity contribution in [1.29, 1.82) is 0 Å². The van der Waals surface area contributed by atoms with Crippen LogP contribution in [0.1, 0.15) is 39.5 Å². The van der Waals surface area contributed by atoms with Crippen LogP contribution < -0.4 is 4.74 Å². The van der Waals surface area contributed by atoms with Gasteiger partial charge in [0.05, 0.1) is 23.8 Å². The maximum absolute atomic E-state index is 13.9. The van der Waals surface area contributed by atoms with E-state index in [-0.39, 0.29) is 34.4 Å². The van der Waals surface area contributed by atoms with Crippen LogP contribution in [0.3, 0.4) is 0 Å². The lowest BCUT2D eigenvalue weighted by atomic mass is 9.69. The van der Waals surface area contributed by atoms with Crippen molar-refractivity contribution >= 4 is 22.0 Å². The Bertz CT molecular complexity index is 1150. The molecule has 7 rings (SSSR count).